The molecule has 104 valence electrons. The van der Waals surface area contributed by atoms with Gasteiger partial charge in [0.1, 0.15) is 0 Å². The van der Waals surface area contributed by atoms with Crippen molar-refractivity contribution in [1.29, 1.82) is 0 Å². The lowest BCUT2D eigenvalue weighted by Gasteiger charge is -2.33. The monoisotopic (exact) mass is 326 g/mol. The SMILES string of the molecule is O=C(C1CCCN1)N1CCC(n2cc(Br)cn2)CC1. The Morgan fingerprint density at radius 2 is 2.16 bits per heavy atom. The lowest BCUT2D eigenvalue weighted by atomic mass is 10.0. The molecule has 0 aliphatic carbocycles. The summed E-state index contributed by atoms with van der Waals surface area (Å²) in [4.78, 5) is 14.3. The van der Waals surface area contributed by atoms with E-state index in [1.165, 1.54) is 0 Å². The van der Waals surface area contributed by atoms with E-state index in [1.54, 1.807) is 0 Å². The molecule has 0 aromatic carbocycles. The van der Waals surface area contributed by atoms with Gasteiger partial charge in [-0.1, -0.05) is 0 Å². The van der Waals surface area contributed by atoms with E-state index < -0.39 is 0 Å². The molecule has 1 aromatic rings. The Morgan fingerprint density at radius 3 is 2.74 bits per heavy atom. The standard InChI is InChI=1S/C13H19BrN4O/c14-10-8-16-18(9-10)11-3-6-17(7-4-11)13(19)12-2-1-5-15-12/h8-9,11-12,15H,1-7H2. The van der Waals surface area contributed by atoms with Crippen LogP contribution >= 0.6 is 15.9 Å². The molecule has 0 radical (unpaired) electrons. The number of likely N-dealkylation sites (tertiary alicyclic amines) is 1. The Labute approximate surface area is 121 Å². The van der Waals surface area contributed by atoms with Gasteiger partial charge in [0.2, 0.25) is 5.91 Å². The third-order valence-electron chi connectivity index (χ3n) is 4.08. The first-order valence-corrected chi connectivity index (χ1v) is 7.75. The van der Waals surface area contributed by atoms with E-state index in [-0.39, 0.29) is 11.9 Å². The first-order chi connectivity index (χ1) is 9.24. The number of carbonyl (C=O) groups is 1. The summed E-state index contributed by atoms with van der Waals surface area (Å²) < 4.78 is 3.03. The van der Waals surface area contributed by atoms with Crippen molar-refractivity contribution in [2.24, 2.45) is 0 Å². The number of aromatic nitrogens is 2. The Kier molecular flexibility index (Phi) is 3.88. The molecule has 3 heterocycles. The molecule has 3 rings (SSSR count). The molecule has 1 atom stereocenters. The number of amides is 1. The van der Waals surface area contributed by atoms with E-state index in [4.69, 9.17) is 0 Å². The minimum absolute atomic E-state index is 0.0652. The van der Waals surface area contributed by atoms with Crippen molar-refractivity contribution in [1.82, 2.24) is 20.0 Å². The van der Waals surface area contributed by atoms with Gasteiger partial charge in [-0.05, 0) is 48.2 Å². The van der Waals surface area contributed by atoms with Gasteiger partial charge in [0.05, 0.1) is 22.8 Å². The highest BCUT2D eigenvalue weighted by Crippen LogP contribution is 2.24. The maximum Gasteiger partial charge on any atom is 0.239 e. The van der Waals surface area contributed by atoms with Crippen LogP contribution in [0.3, 0.4) is 0 Å². The molecule has 1 N–H and O–H groups in total. The lowest BCUT2D eigenvalue weighted by molar-refractivity contribution is -0.134. The van der Waals surface area contributed by atoms with Crippen molar-refractivity contribution >= 4 is 21.8 Å². The van der Waals surface area contributed by atoms with Crippen LogP contribution in [-0.4, -0.2) is 46.3 Å². The van der Waals surface area contributed by atoms with Crippen LogP contribution in [0.25, 0.3) is 0 Å². The minimum Gasteiger partial charge on any atom is -0.341 e. The van der Waals surface area contributed by atoms with Crippen LogP contribution in [0.5, 0.6) is 0 Å². The molecule has 2 saturated heterocycles. The molecular weight excluding hydrogens is 308 g/mol. The molecule has 5 nitrogen and oxygen atoms in total. The van der Waals surface area contributed by atoms with Gasteiger partial charge in [0, 0.05) is 19.3 Å². The third-order valence-corrected chi connectivity index (χ3v) is 4.49. The first-order valence-electron chi connectivity index (χ1n) is 6.96. The van der Waals surface area contributed by atoms with E-state index in [1.807, 2.05) is 22.0 Å². The maximum absolute atomic E-state index is 12.3. The summed E-state index contributed by atoms with van der Waals surface area (Å²) in [6, 6.07) is 0.488. The fourth-order valence-corrected chi connectivity index (χ4v) is 3.28. The number of rotatable bonds is 2. The summed E-state index contributed by atoms with van der Waals surface area (Å²) in [7, 11) is 0. The molecule has 1 amide bonds. The number of nitrogens with one attached hydrogen (secondary N) is 1. The van der Waals surface area contributed by atoms with Gasteiger partial charge in [0.25, 0.3) is 0 Å². The third kappa shape index (κ3) is 2.84. The number of carbonyl (C=O) groups excluding carboxylic acids is 1. The summed E-state index contributed by atoms with van der Waals surface area (Å²) in [6.07, 6.45) is 7.93. The first kappa shape index (κ1) is 13.1. The zero-order valence-corrected chi connectivity index (χ0v) is 12.5. The zero-order chi connectivity index (χ0) is 13.2. The second kappa shape index (κ2) is 5.63. The molecule has 2 aliphatic rings. The molecule has 0 saturated carbocycles. The Balaban J connectivity index is 1.55. The molecule has 0 bridgehead atoms. The molecule has 1 aromatic heterocycles. The van der Waals surface area contributed by atoms with Crippen LogP contribution in [0.2, 0.25) is 0 Å². The van der Waals surface area contributed by atoms with Gasteiger partial charge in [-0.2, -0.15) is 5.10 Å². The largest absolute Gasteiger partial charge is 0.341 e. The highest BCUT2D eigenvalue weighted by molar-refractivity contribution is 9.10. The van der Waals surface area contributed by atoms with Gasteiger partial charge in [-0.25, -0.2) is 0 Å². The predicted octanol–water partition coefficient (Wildman–Crippen LogP) is 1.56. The Bertz CT molecular complexity index is 447. The van der Waals surface area contributed by atoms with Crippen molar-refractivity contribution in [3.8, 4) is 0 Å². The molecule has 1 unspecified atom stereocenters. The average Bonchev–Trinajstić information content (AvgIpc) is 3.09. The molecule has 19 heavy (non-hydrogen) atoms. The summed E-state index contributed by atoms with van der Waals surface area (Å²) >= 11 is 3.42. The fraction of sp³-hybridized carbons (Fsp3) is 0.692. The summed E-state index contributed by atoms with van der Waals surface area (Å²) in [5, 5.41) is 7.63. The minimum atomic E-state index is 0.0652. The highest BCUT2D eigenvalue weighted by atomic mass is 79.9. The van der Waals surface area contributed by atoms with Crippen molar-refractivity contribution in [2.45, 2.75) is 37.8 Å². The Hall–Kier alpha value is -0.880. The van der Waals surface area contributed by atoms with E-state index in [2.05, 4.69) is 26.3 Å². The van der Waals surface area contributed by atoms with Gasteiger partial charge in [-0.3, -0.25) is 9.48 Å². The molecule has 2 aliphatic heterocycles. The van der Waals surface area contributed by atoms with Gasteiger partial charge in [0.15, 0.2) is 0 Å². The predicted molar refractivity (Wildman–Crippen MR) is 75.8 cm³/mol. The van der Waals surface area contributed by atoms with E-state index in [9.17, 15) is 4.79 Å². The quantitative estimate of drug-likeness (QED) is 0.897. The average molecular weight is 327 g/mol. The van der Waals surface area contributed by atoms with E-state index in [0.29, 0.717) is 6.04 Å². The molecule has 2 fully saturated rings. The molecule has 6 heteroatoms. The van der Waals surface area contributed by atoms with Gasteiger partial charge in [-0.15, -0.1) is 0 Å². The van der Waals surface area contributed by atoms with Crippen LogP contribution in [0.4, 0.5) is 0 Å². The second-order valence-corrected chi connectivity index (χ2v) is 6.26. The van der Waals surface area contributed by atoms with Crippen molar-refractivity contribution < 1.29 is 4.79 Å². The lowest BCUT2D eigenvalue weighted by Crippen LogP contribution is -2.47. The maximum atomic E-state index is 12.3. The summed E-state index contributed by atoms with van der Waals surface area (Å²) in [5.41, 5.74) is 0. The van der Waals surface area contributed by atoms with Crippen molar-refractivity contribution in [2.75, 3.05) is 19.6 Å². The van der Waals surface area contributed by atoms with E-state index >= 15 is 0 Å². The van der Waals surface area contributed by atoms with Crippen LogP contribution in [-0.2, 0) is 4.79 Å². The van der Waals surface area contributed by atoms with Crippen LogP contribution in [0.1, 0.15) is 31.7 Å². The van der Waals surface area contributed by atoms with Crippen LogP contribution in [0, 0.1) is 0 Å². The summed E-state index contributed by atoms with van der Waals surface area (Å²) in [5.74, 6) is 0.289. The van der Waals surface area contributed by atoms with Gasteiger partial charge >= 0.3 is 0 Å². The van der Waals surface area contributed by atoms with Gasteiger partial charge < -0.3 is 10.2 Å². The Morgan fingerprint density at radius 1 is 1.37 bits per heavy atom. The topological polar surface area (TPSA) is 50.2 Å². The highest BCUT2D eigenvalue weighted by Gasteiger charge is 2.30. The normalized spacial score (nSPS) is 24.9. The number of hydrogen-bond acceptors (Lipinski definition) is 3. The van der Waals surface area contributed by atoms with Crippen molar-refractivity contribution in [3.05, 3.63) is 16.9 Å². The number of nitrogens with zero attached hydrogens (tertiary/aromatic N) is 3. The second-order valence-electron chi connectivity index (χ2n) is 5.34. The molecular formula is C13H19BrN4O. The van der Waals surface area contributed by atoms with Crippen LogP contribution in [0.15, 0.2) is 16.9 Å². The van der Waals surface area contributed by atoms with Crippen LogP contribution < -0.4 is 5.32 Å². The fourth-order valence-electron chi connectivity index (χ4n) is 2.98. The number of halogens is 1. The molecule has 0 spiro atoms. The summed E-state index contributed by atoms with van der Waals surface area (Å²) in [6.45, 7) is 2.67. The van der Waals surface area contributed by atoms with Crippen molar-refractivity contribution in [3.63, 3.8) is 0 Å². The zero-order valence-electron chi connectivity index (χ0n) is 10.9. The number of piperidine rings is 1. The smallest absolute Gasteiger partial charge is 0.239 e. The van der Waals surface area contributed by atoms with E-state index in [0.717, 1.165) is 49.8 Å². The number of hydrogen-bond donors (Lipinski definition) is 1.